The SMILES string of the molecule is CC(=O)NCCC(O)C(O)c1cccnc1F. The molecule has 3 N–H and O–H groups in total. The van der Waals surface area contributed by atoms with E-state index in [0.29, 0.717) is 0 Å². The van der Waals surface area contributed by atoms with Gasteiger partial charge in [0.25, 0.3) is 0 Å². The number of rotatable bonds is 5. The van der Waals surface area contributed by atoms with Crippen LogP contribution in [0.4, 0.5) is 4.39 Å². The fourth-order valence-electron chi connectivity index (χ4n) is 1.38. The molecule has 2 atom stereocenters. The van der Waals surface area contributed by atoms with Crippen LogP contribution in [0.15, 0.2) is 18.3 Å². The zero-order chi connectivity index (χ0) is 12.8. The van der Waals surface area contributed by atoms with Gasteiger partial charge in [-0.3, -0.25) is 4.79 Å². The van der Waals surface area contributed by atoms with Crippen LogP contribution in [0.25, 0.3) is 0 Å². The molecule has 0 saturated carbocycles. The maximum atomic E-state index is 13.2. The molecular weight excluding hydrogens is 227 g/mol. The molecule has 1 heterocycles. The molecule has 0 radical (unpaired) electrons. The minimum Gasteiger partial charge on any atom is -0.390 e. The minimum atomic E-state index is -1.35. The number of amides is 1. The van der Waals surface area contributed by atoms with Crippen molar-refractivity contribution in [2.45, 2.75) is 25.6 Å². The number of aliphatic hydroxyl groups is 2. The molecule has 1 rings (SSSR count). The Morgan fingerprint density at radius 1 is 1.59 bits per heavy atom. The van der Waals surface area contributed by atoms with E-state index in [0.717, 1.165) is 0 Å². The van der Waals surface area contributed by atoms with E-state index in [-0.39, 0.29) is 24.4 Å². The Balaban J connectivity index is 2.55. The van der Waals surface area contributed by atoms with Gasteiger partial charge in [0, 0.05) is 25.2 Å². The van der Waals surface area contributed by atoms with Crippen molar-refractivity contribution >= 4 is 5.91 Å². The lowest BCUT2D eigenvalue weighted by molar-refractivity contribution is -0.119. The van der Waals surface area contributed by atoms with Crippen molar-refractivity contribution in [2.24, 2.45) is 0 Å². The highest BCUT2D eigenvalue weighted by atomic mass is 19.1. The molecule has 0 fully saturated rings. The average molecular weight is 242 g/mol. The number of pyridine rings is 1. The van der Waals surface area contributed by atoms with Gasteiger partial charge >= 0.3 is 0 Å². The van der Waals surface area contributed by atoms with Crippen LogP contribution < -0.4 is 5.32 Å². The molecule has 94 valence electrons. The molecule has 0 saturated heterocycles. The van der Waals surface area contributed by atoms with Gasteiger partial charge in [0.2, 0.25) is 11.9 Å². The first kappa shape index (κ1) is 13.5. The number of nitrogens with one attached hydrogen (secondary N) is 1. The zero-order valence-electron chi connectivity index (χ0n) is 9.43. The van der Waals surface area contributed by atoms with Crippen LogP contribution in [0.2, 0.25) is 0 Å². The Morgan fingerprint density at radius 2 is 2.29 bits per heavy atom. The summed E-state index contributed by atoms with van der Waals surface area (Å²) >= 11 is 0. The second kappa shape index (κ2) is 6.27. The number of nitrogens with zero attached hydrogens (tertiary/aromatic N) is 1. The van der Waals surface area contributed by atoms with Crippen LogP contribution in [-0.2, 0) is 4.79 Å². The van der Waals surface area contributed by atoms with Gasteiger partial charge < -0.3 is 15.5 Å². The third-order valence-electron chi connectivity index (χ3n) is 2.29. The lowest BCUT2D eigenvalue weighted by Crippen LogP contribution is -2.28. The van der Waals surface area contributed by atoms with Gasteiger partial charge in [0.05, 0.1) is 6.10 Å². The topological polar surface area (TPSA) is 82.5 Å². The van der Waals surface area contributed by atoms with E-state index < -0.39 is 18.2 Å². The summed E-state index contributed by atoms with van der Waals surface area (Å²) in [6.45, 7) is 1.57. The van der Waals surface area contributed by atoms with E-state index in [9.17, 15) is 19.4 Å². The summed E-state index contributed by atoms with van der Waals surface area (Å²) in [6, 6.07) is 2.83. The van der Waals surface area contributed by atoms with Crippen molar-refractivity contribution in [3.8, 4) is 0 Å². The smallest absolute Gasteiger partial charge is 0.218 e. The molecule has 0 bridgehead atoms. The summed E-state index contributed by atoms with van der Waals surface area (Å²) in [5.41, 5.74) is -0.0529. The summed E-state index contributed by atoms with van der Waals surface area (Å²) < 4.78 is 13.2. The van der Waals surface area contributed by atoms with Crippen LogP contribution in [0.1, 0.15) is 25.0 Å². The predicted molar refractivity (Wildman–Crippen MR) is 58.5 cm³/mol. The van der Waals surface area contributed by atoms with Crippen LogP contribution in [-0.4, -0.2) is 33.8 Å². The van der Waals surface area contributed by atoms with Crippen molar-refractivity contribution in [2.75, 3.05) is 6.54 Å². The second-order valence-corrected chi connectivity index (χ2v) is 3.67. The number of hydrogen-bond acceptors (Lipinski definition) is 4. The molecule has 6 heteroatoms. The monoisotopic (exact) mass is 242 g/mol. The number of hydrogen-bond donors (Lipinski definition) is 3. The molecule has 1 aromatic rings. The first-order chi connectivity index (χ1) is 8.02. The lowest BCUT2D eigenvalue weighted by atomic mass is 10.0. The Morgan fingerprint density at radius 3 is 2.88 bits per heavy atom. The first-order valence-electron chi connectivity index (χ1n) is 5.23. The maximum absolute atomic E-state index is 13.2. The normalized spacial score (nSPS) is 14.1. The highest BCUT2D eigenvalue weighted by molar-refractivity contribution is 5.72. The lowest BCUT2D eigenvalue weighted by Gasteiger charge is -2.18. The van der Waals surface area contributed by atoms with Crippen LogP contribution in [0, 0.1) is 5.95 Å². The van der Waals surface area contributed by atoms with Crippen LogP contribution in [0.5, 0.6) is 0 Å². The quantitative estimate of drug-likeness (QED) is 0.641. The number of aromatic nitrogens is 1. The van der Waals surface area contributed by atoms with Gasteiger partial charge in [0.1, 0.15) is 6.10 Å². The first-order valence-corrected chi connectivity index (χ1v) is 5.23. The van der Waals surface area contributed by atoms with Crippen molar-refractivity contribution in [3.05, 3.63) is 29.8 Å². The highest BCUT2D eigenvalue weighted by Gasteiger charge is 2.21. The summed E-state index contributed by atoms with van der Waals surface area (Å²) in [7, 11) is 0. The van der Waals surface area contributed by atoms with E-state index in [4.69, 9.17) is 0 Å². The van der Waals surface area contributed by atoms with Gasteiger partial charge in [-0.1, -0.05) is 6.07 Å². The fraction of sp³-hybridized carbons (Fsp3) is 0.455. The number of halogens is 1. The van der Waals surface area contributed by atoms with Gasteiger partial charge in [-0.15, -0.1) is 0 Å². The molecule has 0 aliphatic rings. The average Bonchev–Trinajstić information content (AvgIpc) is 2.28. The molecular formula is C11H15FN2O3. The van der Waals surface area contributed by atoms with Crippen molar-refractivity contribution in [3.63, 3.8) is 0 Å². The summed E-state index contributed by atoms with van der Waals surface area (Å²) in [4.78, 5) is 14.0. The van der Waals surface area contributed by atoms with Crippen molar-refractivity contribution in [1.29, 1.82) is 0 Å². The number of aliphatic hydroxyl groups excluding tert-OH is 2. The third kappa shape index (κ3) is 4.08. The maximum Gasteiger partial charge on any atom is 0.218 e. The molecule has 0 spiro atoms. The fourth-order valence-corrected chi connectivity index (χ4v) is 1.38. The Bertz CT molecular complexity index is 387. The summed E-state index contributed by atoms with van der Waals surface area (Å²) in [5.74, 6) is -1.03. The standard InChI is InChI=1S/C11H15FN2O3/c1-7(15)13-6-4-9(16)10(17)8-3-2-5-14-11(8)12/h2-3,5,9-10,16-17H,4,6H2,1H3,(H,13,15). The largest absolute Gasteiger partial charge is 0.390 e. The molecule has 0 aromatic carbocycles. The molecule has 5 nitrogen and oxygen atoms in total. The van der Waals surface area contributed by atoms with E-state index in [1.165, 1.54) is 25.3 Å². The van der Waals surface area contributed by atoms with Crippen LogP contribution >= 0.6 is 0 Å². The molecule has 2 unspecified atom stereocenters. The highest BCUT2D eigenvalue weighted by Crippen LogP contribution is 2.20. The minimum absolute atomic E-state index is 0.0529. The van der Waals surface area contributed by atoms with Crippen LogP contribution in [0.3, 0.4) is 0 Å². The Labute approximate surface area is 98.3 Å². The third-order valence-corrected chi connectivity index (χ3v) is 2.29. The zero-order valence-corrected chi connectivity index (χ0v) is 9.43. The summed E-state index contributed by atoms with van der Waals surface area (Å²) in [5, 5.41) is 21.8. The van der Waals surface area contributed by atoms with Gasteiger partial charge in [-0.25, -0.2) is 4.98 Å². The van der Waals surface area contributed by atoms with Gasteiger partial charge in [0.15, 0.2) is 0 Å². The van der Waals surface area contributed by atoms with E-state index in [1.54, 1.807) is 0 Å². The summed E-state index contributed by atoms with van der Waals surface area (Å²) in [6.07, 6.45) is -1.11. The predicted octanol–water partition coefficient (Wildman–Crippen LogP) is 0.141. The Kier molecular flexibility index (Phi) is 4.99. The molecule has 1 aromatic heterocycles. The van der Waals surface area contributed by atoms with Crippen molar-refractivity contribution in [1.82, 2.24) is 10.3 Å². The number of carbonyl (C=O) groups is 1. The molecule has 17 heavy (non-hydrogen) atoms. The van der Waals surface area contributed by atoms with Gasteiger partial charge in [-0.2, -0.15) is 4.39 Å². The molecule has 0 aliphatic heterocycles. The molecule has 0 aliphatic carbocycles. The number of carbonyl (C=O) groups excluding carboxylic acids is 1. The molecule has 1 amide bonds. The van der Waals surface area contributed by atoms with Gasteiger partial charge in [-0.05, 0) is 12.5 Å². The second-order valence-electron chi connectivity index (χ2n) is 3.67. The van der Waals surface area contributed by atoms with Crippen molar-refractivity contribution < 1.29 is 19.4 Å². The Hall–Kier alpha value is -1.53. The van der Waals surface area contributed by atoms with E-state index in [1.807, 2.05) is 0 Å². The van der Waals surface area contributed by atoms with E-state index in [2.05, 4.69) is 10.3 Å². The van der Waals surface area contributed by atoms with E-state index >= 15 is 0 Å².